The summed E-state index contributed by atoms with van der Waals surface area (Å²) in [6, 6.07) is 30.5. The van der Waals surface area contributed by atoms with Crippen molar-refractivity contribution in [1.82, 2.24) is 5.32 Å². The summed E-state index contributed by atoms with van der Waals surface area (Å²) in [6.07, 6.45) is 0. The third-order valence-corrected chi connectivity index (χ3v) is 4.46. The molecule has 0 radical (unpaired) electrons. The van der Waals surface area contributed by atoms with Crippen LogP contribution in [0.3, 0.4) is 0 Å². The van der Waals surface area contributed by atoms with Crippen LogP contribution in [-0.2, 0) is 10.3 Å². The molecule has 2 heteroatoms. The van der Waals surface area contributed by atoms with Gasteiger partial charge < -0.3 is 5.32 Å². The van der Waals surface area contributed by atoms with Gasteiger partial charge in [0, 0.05) is 7.34 Å². The molecule has 0 saturated carbocycles. The summed E-state index contributed by atoms with van der Waals surface area (Å²) in [5, 5.41) is 3.34. The molecule has 0 bridgehead atoms. The van der Waals surface area contributed by atoms with Crippen molar-refractivity contribution in [2.24, 2.45) is 5.92 Å². The van der Waals surface area contributed by atoms with E-state index in [-0.39, 0.29) is 13.3 Å². The fourth-order valence-corrected chi connectivity index (χ4v) is 3.11. The highest BCUT2D eigenvalue weighted by atomic mass is 16.2. The van der Waals surface area contributed by atoms with Crippen LogP contribution in [0.1, 0.15) is 32.0 Å². The summed E-state index contributed by atoms with van der Waals surface area (Å²) in [6.45, 7) is 3.84. The first kappa shape index (κ1) is 17.0. The standard InChI is InChI=1S/C23H23NO.H2/c1-18(2)22(25)24-23(19-12-6-3-7-13-19,20-14-8-4-9-15-20)21-16-10-5-11-17-21;/h3-18H,1-2H3,(H,24,25);1H. The fourth-order valence-electron chi connectivity index (χ4n) is 3.11. The highest BCUT2D eigenvalue weighted by molar-refractivity contribution is 5.80. The van der Waals surface area contributed by atoms with Crippen molar-refractivity contribution in [3.63, 3.8) is 0 Å². The number of rotatable bonds is 5. The molecule has 0 aliphatic heterocycles. The SMILES string of the molecule is CC(C)C(=O)NC(c1ccccc1)(c1ccccc1)c1ccccc1.[HH]. The topological polar surface area (TPSA) is 29.1 Å². The van der Waals surface area contributed by atoms with Gasteiger partial charge in [0.1, 0.15) is 5.54 Å². The summed E-state index contributed by atoms with van der Waals surface area (Å²) in [7, 11) is 0. The number of nitrogens with one attached hydrogen (secondary N) is 1. The highest BCUT2D eigenvalue weighted by Gasteiger charge is 2.38. The van der Waals surface area contributed by atoms with E-state index in [4.69, 9.17) is 0 Å². The van der Waals surface area contributed by atoms with Gasteiger partial charge in [-0.25, -0.2) is 0 Å². The zero-order valence-corrected chi connectivity index (χ0v) is 14.6. The van der Waals surface area contributed by atoms with E-state index in [1.165, 1.54) is 0 Å². The molecular weight excluding hydrogens is 306 g/mol. The lowest BCUT2D eigenvalue weighted by atomic mass is 9.76. The van der Waals surface area contributed by atoms with E-state index < -0.39 is 5.54 Å². The lowest BCUT2D eigenvalue weighted by Crippen LogP contribution is -2.49. The summed E-state index contributed by atoms with van der Waals surface area (Å²) >= 11 is 0. The van der Waals surface area contributed by atoms with Crippen LogP contribution in [0.4, 0.5) is 0 Å². The van der Waals surface area contributed by atoms with Crippen molar-refractivity contribution in [3.05, 3.63) is 108 Å². The summed E-state index contributed by atoms with van der Waals surface area (Å²) < 4.78 is 0. The minimum atomic E-state index is -0.717. The minimum Gasteiger partial charge on any atom is -0.338 e. The van der Waals surface area contributed by atoms with Crippen molar-refractivity contribution in [2.45, 2.75) is 19.4 Å². The molecule has 0 fully saturated rings. The number of carbonyl (C=O) groups excluding carboxylic acids is 1. The van der Waals surface area contributed by atoms with Crippen LogP contribution >= 0.6 is 0 Å². The number of amides is 1. The normalized spacial score (nSPS) is 11.3. The molecule has 128 valence electrons. The third kappa shape index (κ3) is 3.34. The van der Waals surface area contributed by atoms with Crippen molar-refractivity contribution >= 4 is 5.91 Å². The molecule has 0 aliphatic carbocycles. The molecule has 0 spiro atoms. The van der Waals surface area contributed by atoms with Gasteiger partial charge >= 0.3 is 0 Å². The Morgan fingerprint density at radius 1 is 0.720 bits per heavy atom. The molecule has 3 aromatic carbocycles. The van der Waals surface area contributed by atoms with Gasteiger partial charge in [0.05, 0.1) is 0 Å². The molecular formula is C23H25NO. The van der Waals surface area contributed by atoms with Gasteiger partial charge in [0.2, 0.25) is 5.91 Å². The summed E-state index contributed by atoms with van der Waals surface area (Å²) in [4.78, 5) is 12.8. The Hall–Kier alpha value is -2.87. The zero-order chi connectivity index (χ0) is 17.7. The Kier molecular flexibility index (Phi) is 4.99. The molecule has 1 N–H and O–H groups in total. The monoisotopic (exact) mass is 331 g/mol. The van der Waals surface area contributed by atoms with Crippen molar-refractivity contribution in [3.8, 4) is 0 Å². The van der Waals surface area contributed by atoms with Crippen LogP contribution in [0.15, 0.2) is 91.0 Å². The molecule has 0 unspecified atom stereocenters. The molecule has 2 nitrogen and oxygen atoms in total. The van der Waals surface area contributed by atoms with Crippen LogP contribution in [0.2, 0.25) is 0 Å². The smallest absolute Gasteiger partial charge is 0.223 e. The second kappa shape index (κ2) is 7.35. The molecule has 0 aliphatic rings. The average Bonchev–Trinajstić information content (AvgIpc) is 2.68. The molecule has 0 aromatic heterocycles. The Morgan fingerprint density at radius 3 is 1.32 bits per heavy atom. The summed E-state index contributed by atoms with van der Waals surface area (Å²) in [5.41, 5.74) is 2.41. The molecule has 25 heavy (non-hydrogen) atoms. The Bertz CT molecular complexity index is 720. The molecule has 1 amide bonds. The van der Waals surface area contributed by atoms with E-state index in [1.54, 1.807) is 0 Å². The first-order chi connectivity index (χ1) is 12.1. The van der Waals surface area contributed by atoms with Gasteiger partial charge in [-0.1, -0.05) is 105 Å². The number of carbonyl (C=O) groups is 1. The van der Waals surface area contributed by atoms with E-state index in [0.717, 1.165) is 16.7 Å². The van der Waals surface area contributed by atoms with Crippen molar-refractivity contribution in [1.29, 1.82) is 0 Å². The van der Waals surface area contributed by atoms with Gasteiger partial charge in [-0.2, -0.15) is 0 Å². The highest BCUT2D eigenvalue weighted by Crippen LogP contribution is 2.36. The first-order valence-electron chi connectivity index (χ1n) is 8.63. The van der Waals surface area contributed by atoms with Gasteiger partial charge in [-0.05, 0) is 16.7 Å². The molecule has 0 saturated heterocycles. The van der Waals surface area contributed by atoms with Gasteiger partial charge in [-0.3, -0.25) is 4.79 Å². The Balaban J connectivity index is 0.00000243. The van der Waals surface area contributed by atoms with E-state index in [1.807, 2.05) is 68.4 Å². The van der Waals surface area contributed by atoms with Crippen LogP contribution in [0, 0.1) is 5.92 Å². The van der Waals surface area contributed by atoms with Crippen LogP contribution in [0.25, 0.3) is 0 Å². The van der Waals surface area contributed by atoms with Crippen molar-refractivity contribution in [2.75, 3.05) is 0 Å². The summed E-state index contributed by atoms with van der Waals surface area (Å²) in [5.74, 6) is -0.0768. The van der Waals surface area contributed by atoms with E-state index in [2.05, 4.69) is 41.7 Å². The maximum absolute atomic E-state index is 12.8. The van der Waals surface area contributed by atoms with Crippen LogP contribution in [0.5, 0.6) is 0 Å². The van der Waals surface area contributed by atoms with Gasteiger partial charge in [0.25, 0.3) is 0 Å². The van der Waals surface area contributed by atoms with Gasteiger partial charge in [0.15, 0.2) is 0 Å². The second-order valence-electron chi connectivity index (χ2n) is 6.49. The lowest BCUT2D eigenvalue weighted by molar-refractivity contribution is -0.125. The Morgan fingerprint density at radius 2 is 1.04 bits per heavy atom. The Labute approximate surface area is 151 Å². The molecule has 0 atom stereocenters. The molecule has 0 heterocycles. The van der Waals surface area contributed by atoms with Crippen LogP contribution in [-0.4, -0.2) is 5.91 Å². The molecule has 3 aromatic rings. The maximum atomic E-state index is 12.8. The predicted octanol–water partition coefficient (Wildman–Crippen LogP) is 5.00. The number of hydrogen-bond acceptors (Lipinski definition) is 1. The average molecular weight is 331 g/mol. The van der Waals surface area contributed by atoms with E-state index in [0.29, 0.717) is 0 Å². The van der Waals surface area contributed by atoms with Crippen LogP contribution < -0.4 is 5.32 Å². The van der Waals surface area contributed by atoms with E-state index in [9.17, 15) is 4.79 Å². The first-order valence-corrected chi connectivity index (χ1v) is 8.63. The molecule has 3 rings (SSSR count). The largest absolute Gasteiger partial charge is 0.338 e. The maximum Gasteiger partial charge on any atom is 0.223 e. The van der Waals surface area contributed by atoms with Gasteiger partial charge in [-0.15, -0.1) is 0 Å². The second-order valence-corrected chi connectivity index (χ2v) is 6.49. The predicted molar refractivity (Wildman–Crippen MR) is 104 cm³/mol. The van der Waals surface area contributed by atoms with Crippen molar-refractivity contribution < 1.29 is 6.22 Å². The van der Waals surface area contributed by atoms with E-state index >= 15 is 0 Å². The number of benzene rings is 3. The lowest BCUT2D eigenvalue weighted by Gasteiger charge is -2.37. The quantitative estimate of drug-likeness (QED) is 0.655. The number of hydrogen-bond donors (Lipinski definition) is 1. The minimum absolute atomic E-state index is 0. The zero-order valence-electron chi connectivity index (χ0n) is 14.6. The third-order valence-electron chi connectivity index (χ3n) is 4.46. The fraction of sp³-hybridized carbons (Fsp3) is 0.174.